The van der Waals surface area contributed by atoms with E-state index in [2.05, 4.69) is 31.1 Å². The summed E-state index contributed by atoms with van der Waals surface area (Å²) in [6, 6.07) is 0.641. The number of hydrogen-bond acceptors (Lipinski definition) is 3. The van der Waals surface area contributed by atoms with Crippen LogP contribution in [0.15, 0.2) is 0 Å². The van der Waals surface area contributed by atoms with Crippen molar-refractivity contribution in [3.05, 3.63) is 0 Å². The van der Waals surface area contributed by atoms with Crippen molar-refractivity contribution in [3.63, 3.8) is 0 Å². The van der Waals surface area contributed by atoms with Crippen LogP contribution in [0.4, 0.5) is 0 Å². The molecule has 1 atom stereocenters. The van der Waals surface area contributed by atoms with Crippen LogP contribution in [0.2, 0.25) is 0 Å². The Labute approximate surface area is 105 Å². The summed E-state index contributed by atoms with van der Waals surface area (Å²) in [6.45, 7) is 6.13. The molecule has 0 aromatic heterocycles. The van der Waals surface area contributed by atoms with E-state index >= 15 is 0 Å². The summed E-state index contributed by atoms with van der Waals surface area (Å²) in [5.41, 5.74) is 5.90. The van der Waals surface area contributed by atoms with E-state index in [1.54, 1.807) is 0 Å². The molecule has 4 heteroatoms. The molecule has 1 unspecified atom stereocenters. The molecule has 3 N–H and O–H groups in total. The van der Waals surface area contributed by atoms with Crippen LogP contribution in [0, 0.1) is 5.92 Å². The third-order valence-electron chi connectivity index (χ3n) is 3.54. The topological polar surface area (TPSA) is 58.4 Å². The van der Waals surface area contributed by atoms with Gasteiger partial charge >= 0.3 is 0 Å². The van der Waals surface area contributed by atoms with Crippen molar-refractivity contribution >= 4 is 5.91 Å². The standard InChI is InChI=1S/C13H27N3O/c1-10(2)16(3)8-4-7-15-13(17)9-12(14)11-5-6-11/h10-12H,4-9,14H2,1-3H3,(H,15,17). The number of carbonyl (C=O) groups is 1. The van der Waals surface area contributed by atoms with Crippen LogP contribution in [-0.4, -0.2) is 43.0 Å². The quantitative estimate of drug-likeness (QED) is 0.622. The predicted molar refractivity (Wildman–Crippen MR) is 70.7 cm³/mol. The Balaban J connectivity index is 1.99. The highest BCUT2D eigenvalue weighted by Gasteiger charge is 2.29. The van der Waals surface area contributed by atoms with Crippen molar-refractivity contribution in [2.75, 3.05) is 20.1 Å². The van der Waals surface area contributed by atoms with Crippen molar-refractivity contribution < 1.29 is 4.79 Å². The van der Waals surface area contributed by atoms with Gasteiger partial charge in [-0.15, -0.1) is 0 Å². The molecule has 1 aliphatic carbocycles. The molecule has 1 saturated carbocycles. The second-order valence-electron chi connectivity index (χ2n) is 5.48. The third-order valence-corrected chi connectivity index (χ3v) is 3.54. The van der Waals surface area contributed by atoms with Crippen LogP contribution < -0.4 is 11.1 Å². The lowest BCUT2D eigenvalue weighted by Gasteiger charge is -2.20. The fourth-order valence-electron chi connectivity index (χ4n) is 1.79. The molecule has 0 spiro atoms. The summed E-state index contributed by atoms with van der Waals surface area (Å²) in [5.74, 6) is 0.712. The first-order chi connectivity index (χ1) is 8.00. The molecule has 0 radical (unpaired) electrons. The van der Waals surface area contributed by atoms with E-state index in [-0.39, 0.29) is 11.9 Å². The van der Waals surface area contributed by atoms with Gasteiger partial charge in [0.25, 0.3) is 0 Å². The van der Waals surface area contributed by atoms with Gasteiger partial charge in [0, 0.05) is 25.0 Å². The Morgan fingerprint density at radius 2 is 2.12 bits per heavy atom. The predicted octanol–water partition coefficient (Wildman–Crippen LogP) is 0.960. The molecule has 100 valence electrons. The van der Waals surface area contributed by atoms with Crippen molar-refractivity contribution in [2.45, 2.75) is 51.6 Å². The van der Waals surface area contributed by atoms with Gasteiger partial charge < -0.3 is 16.0 Å². The molecule has 0 bridgehead atoms. The van der Waals surface area contributed by atoms with Crippen LogP contribution in [0.25, 0.3) is 0 Å². The largest absolute Gasteiger partial charge is 0.356 e. The van der Waals surface area contributed by atoms with E-state index in [0.717, 1.165) is 19.5 Å². The summed E-state index contributed by atoms with van der Waals surface area (Å²) >= 11 is 0. The zero-order valence-electron chi connectivity index (χ0n) is 11.4. The molecule has 17 heavy (non-hydrogen) atoms. The maximum atomic E-state index is 11.6. The molecular weight excluding hydrogens is 214 g/mol. The van der Waals surface area contributed by atoms with Crippen LogP contribution in [0.3, 0.4) is 0 Å². The van der Waals surface area contributed by atoms with Crippen molar-refractivity contribution in [3.8, 4) is 0 Å². The minimum Gasteiger partial charge on any atom is -0.356 e. The normalized spacial score (nSPS) is 17.5. The fraction of sp³-hybridized carbons (Fsp3) is 0.923. The first-order valence-corrected chi connectivity index (χ1v) is 6.73. The van der Waals surface area contributed by atoms with Crippen LogP contribution in [-0.2, 0) is 4.79 Å². The number of nitrogens with zero attached hydrogens (tertiary/aromatic N) is 1. The summed E-state index contributed by atoms with van der Waals surface area (Å²) < 4.78 is 0. The highest BCUT2D eigenvalue weighted by atomic mass is 16.1. The van der Waals surface area contributed by atoms with Crippen LogP contribution in [0.5, 0.6) is 0 Å². The number of rotatable bonds is 8. The highest BCUT2D eigenvalue weighted by molar-refractivity contribution is 5.76. The van der Waals surface area contributed by atoms with Gasteiger partial charge in [-0.1, -0.05) is 0 Å². The van der Waals surface area contributed by atoms with Crippen molar-refractivity contribution in [1.82, 2.24) is 10.2 Å². The first kappa shape index (κ1) is 14.5. The van der Waals surface area contributed by atoms with Gasteiger partial charge in [0.15, 0.2) is 0 Å². The third kappa shape index (κ3) is 6.03. The molecule has 0 aromatic rings. The van der Waals surface area contributed by atoms with Gasteiger partial charge in [0.2, 0.25) is 5.91 Å². The van der Waals surface area contributed by atoms with Gasteiger partial charge in [-0.3, -0.25) is 4.79 Å². The van der Waals surface area contributed by atoms with E-state index in [1.165, 1.54) is 12.8 Å². The number of nitrogens with two attached hydrogens (primary N) is 1. The Morgan fingerprint density at radius 1 is 1.47 bits per heavy atom. The van der Waals surface area contributed by atoms with E-state index < -0.39 is 0 Å². The lowest BCUT2D eigenvalue weighted by atomic mass is 10.1. The van der Waals surface area contributed by atoms with Crippen LogP contribution in [0.1, 0.15) is 39.5 Å². The van der Waals surface area contributed by atoms with Gasteiger partial charge in [-0.05, 0) is 52.6 Å². The molecule has 4 nitrogen and oxygen atoms in total. The van der Waals surface area contributed by atoms with E-state index in [0.29, 0.717) is 18.4 Å². The first-order valence-electron chi connectivity index (χ1n) is 6.73. The zero-order valence-corrected chi connectivity index (χ0v) is 11.4. The molecular formula is C13H27N3O. The maximum absolute atomic E-state index is 11.6. The smallest absolute Gasteiger partial charge is 0.221 e. The van der Waals surface area contributed by atoms with Gasteiger partial charge in [-0.25, -0.2) is 0 Å². The molecule has 1 fully saturated rings. The van der Waals surface area contributed by atoms with E-state index in [4.69, 9.17) is 5.73 Å². The van der Waals surface area contributed by atoms with Gasteiger partial charge in [0.05, 0.1) is 0 Å². The summed E-state index contributed by atoms with van der Waals surface area (Å²) in [5, 5.41) is 2.94. The number of carbonyl (C=O) groups excluding carboxylic acids is 1. The minimum absolute atomic E-state index is 0.0772. The lowest BCUT2D eigenvalue weighted by molar-refractivity contribution is -0.121. The minimum atomic E-state index is 0.0772. The fourth-order valence-corrected chi connectivity index (χ4v) is 1.79. The number of nitrogens with one attached hydrogen (secondary N) is 1. The molecule has 0 aromatic carbocycles. The lowest BCUT2D eigenvalue weighted by Crippen LogP contribution is -2.35. The Bertz CT molecular complexity index is 239. The number of amides is 1. The average molecular weight is 241 g/mol. The molecule has 1 aliphatic rings. The second-order valence-corrected chi connectivity index (χ2v) is 5.48. The monoisotopic (exact) mass is 241 g/mol. The van der Waals surface area contributed by atoms with E-state index in [1.807, 2.05) is 0 Å². The molecule has 0 saturated heterocycles. The summed E-state index contributed by atoms with van der Waals surface area (Å²) in [4.78, 5) is 13.8. The van der Waals surface area contributed by atoms with E-state index in [9.17, 15) is 4.79 Å². The molecule has 1 rings (SSSR count). The number of hydrogen-bond donors (Lipinski definition) is 2. The second kappa shape index (κ2) is 6.97. The van der Waals surface area contributed by atoms with Gasteiger partial charge in [0.1, 0.15) is 0 Å². The average Bonchev–Trinajstić information content (AvgIpc) is 3.07. The molecule has 1 amide bonds. The Morgan fingerprint density at radius 3 is 2.65 bits per heavy atom. The summed E-state index contributed by atoms with van der Waals surface area (Å²) in [6.07, 6.45) is 3.89. The highest BCUT2D eigenvalue weighted by Crippen LogP contribution is 2.32. The van der Waals surface area contributed by atoms with Crippen LogP contribution >= 0.6 is 0 Å². The van der Waals surface area contributed by atoms with Crippen molar-refractivity contribution in [2.24, 2.45) is 11.7 Å². The maximum Gasteiger partial charge on any atom is 0.221 e. The Hall–Kier alpha value is -0.610. The van der Waals surface area contributed by atoms with Crippen molar-refractivity contribution in [1.29, 1.82) is 0 Å². The molecule has 0 aliphatic heterocycles. The van der Waals surface area contributed by atoms with Gasteiger partial charge in [-0.2, -0.15) is 0 Å². The SMILES string of the molecule is CC(C)N(C)CCCNC(=O)CC(N)C1CC1. The zero-order chi connectivity index (χ0) is 12.8. The molecule has 0 heterocycles. The Kier molecular flexibility index (Phi) is 5.92. The summed E-state index contributed by atoms with van der Waals surface area (Å²) in [7, 11) is 2.11.